The lowest BCUT2D eigenvalue weighted by molar-refractivity contribution is 0.794. The Morgan fingerprint density at radius 1 is 0.510 bits per heavy atom. The Balaban J connectivity index is 1.25. The van der Waals surface area contributed by atoms with Crippen LogP contribution in [0.15, 0.2) is 183 Å². The number of nitrogens with zero attached hydrogens (tertiary/aromatic N) is 2. The zero-order valence-electron chi connectivity index (χ0n) is 27.0. The first-order chi connectivity index (χ1) is 24.2. The van der Waals surface area contributed by atoms with Gasteiger partial charge in [-0.25, -0.2) is 9.97 Å². The molecule has 0 fully saturated rings. The monoisotopic (exact) mass is 624 g/mol. The molecule has 1 heterocycles. The second kappa shape index (κ2) is 11.4. The van der Waals surface area contributed by atoms with Crippen molar-refractivity contribution in [2.45, 2.75) is 5.41 Å². The van der Waals surface area contributed by atoms with E-state index in [-0.39, 0.29) is 5.41 Å². The van der Waals surface area contributed by atoms with Crippen molar-refractivity contribution in [2.24, 2.45) is 0 Å². The van der Waals surface area contributed by atoms with Crippen LogP contribution in [0, 0.1) is 0 Å². The number of aromatic nitrogens is 2. The SMILES string of the molecule is C=C/C(=C\C(=C)c1ccccc1)c1cc(-c2ccc3c(c2)-c2ccccc2C32c3ccccc3-c3ccccc32)nc(-c2ccccc2)n1. The summed E-state index contributed by atoms with van der Waals surface area (Å²) in [4.78, 5) is 10.2. The van der Waals surface area contributed by atoms with E-state index in [9.17, 15) is 0 Å². The Hall–Kier alpha value is -6.38. The van der Waals surface area contributed by atoms with Crippen molar-refractivity contribution in [1.29, 1.82) is 0 Å². The molecule has 0 radical (unpaired) electrons. The summed E-state index contributed by atoms with van der Waals surface area (Å²) in [6.45, 7) is 8.53. The van der Waals surface area contributed by atoms with Crippen LogP contribution in [0.5, 0.6) is 0 Å². The summed E-state index contributed by atoms with van der Waals surface area (Å²) >= 11 is 0. The Kier molecular flexibility index (Phi) is 6.70. The van der Waals surface area contributed by atoms with Crippen LogP contribution in [0.4, 0.5) is 0 Å². The molecule has 9 rings (SSSR count). The molecule has 0 aliphatic heterocycles. The smallest absolute Gasteiger partial charge is 0.160 e. The summed E-state index contributed by atoms with van der Waals surface area (Å²) in [5, 5.41) is 0. The van der Waals surface area contributed by atoms with Gasteiger partial charge in [-0.2, -0.15) is 0 Å². The molecule has 0 atom stereocenters. The number of hydrogen-bond acceptors (Lipinski definition) is 2. The lowest BCUT2D eigenvalue weighted by Gasteiger charge is -2.30. The minimum absolute atomic E-state index is 0.375. The molecule has 0 saturated heterocycles. The van der Waals surface area contributed by atoms with Crippen LogP contribution < -0.4 is 0 Å². The molecule has 2 aliphatic carbocycles. The van der Waals surface area contributed by atoms with Crippen molar-refractivity contribution in [3.63, 3.8) is 0 Å². The first-order valence-electron chi connectivity index (χ1n) is 16.6. The van der Waals surface area contributed by atoms with Crippen molar-refractivity contribution < 1.29 is 0 Å². The van der Waals surface area contributed by atoms with Gasteiger partial charge in [-0.05, 0) is 73.9 Å². The van der Waals surface area contributed by atoms with Gasteiger partial charge in [0, 0.05) is 16.7 Å². The maximum atomic E-state index is 5.18. The zero-order valence-corrected chi connectivity index (χ0v) is 27.0. The van der Waals surface area contributed by atoms with Gasteiger partial charge < -0.3 is 0 Å². The first-order valence-corrected chi connectivity index (χ1v) is 16.6. The van der Waals surface area contributed by atoms with E-state index < -0.39 is 0 Å². The van der Waals surface area contributed by atoms with Gasteiger partial charge in [-0.15, -0.1) is 0 Å². The van der Waals surface area contributed by atoms with Gasteiger partial charge in [0.25, 0.3) is 0 Å². The van der Waals surface area contributed by atoms with E-state index in [4.69, 9.17) is 9.97 Å². The number of rotatable bonds is 6. The van der Waals surface area contributed by atoms with Crippen molar-refractivity contribution in [2.75, 3.05) is 0 Å². The Morgan fingerprint density at radius 2 is 1.04 bits per heavy atom. The van der Waals surface area contributed by atoms with Gasteiger partial charge in [-0.3, -0.25) is 0 Å². The topological polar surface area (TPSA) is 25.8 Å². The summed E-state index contributed by atoms with van der Waals surface area (Å²) < 4.78 is 0. The van der Waals surface area contributed by atoms with Gasteiger partial charge in [0.05, 0.1) is 16.8 Å². The number of allylic oxidation sites excluding steroid dienone is 4. The fraction of sp³-hybridized carbons (Fsp3) is 0.0213. The van der Waals surface area contributed by atoms with E-state index in [0.29, 0.717) is 5.82 Å². The maximum absolute atomic E-state index is 5.18. The minimum atomic E-state index is -0.375. The molecule has 2 heteroatoms. The van der Waals surface area contributed by atoms with E-state index >= 15 is 0 Å². The third-order valence-electron chi connectivity index (χ3n) is 10.0. The van der Waals surface area contributed by atoms with Crippen LogP contribution in [0.25, 0.3) is 56.0 Å². The van der Waals surface area contributed by atoms with Crippen LogP contribution >= 0.6 is 0 Å². The largest absolute Gasteiger partial charge is 0.228 e. The second-order valence-corrected chi connectivity index (χ2v) is 12.7. The third-order valence-corrected chi connectivity index (χ3v) is 10.0. The van der Waals surface area contributed by atoms with Gasteiger partial charge in [-0.1, -0.05) is 165 Å². The third kappa shape index (κ3) is 4.42. The predicted molar refractivity (Wildman–Crippen MR) is 203 cm³/mol. The molecule has 0 unspecified atom stereocenters. The van der Waals surface area contributed by atoms with Crippen molar-refractivity contribution in [3.8, 4) is 44.9 Å². The molecule has 1 spiro atoms. The minimum Gasteiger partial charge on any atom is -0.228 e. The summed E-state index contributed by atoms with van der Waals surface area (Å²) in [7, 11) is 0. The molecular weight excluding hydrogens is 593 g/mol. The van der Waals surface area contributed by atoms with E-state index in [1.54, 1.807) is 0 Å². The predicted octanol–water partition coefficient (Wildman–Crippen LogP) is 11.4. The first kappa shape index (κ1) is 28.8. The highest BCUT2D eigenvalue weighted by atomic mass is 14.9. The molecule has 2 aliphatic rings. The normalized spacial score (nSPS) is 13.3. The molecule has 7 aromatic rings. The highest BCUT2D eigenvalue weighted by molar-refractivity contribution is 5.96. The molecule has 49 heavy (non-hydrogen) atoms. The van der Waals surface area contributed by atoms with Crippen molar-refractivity contribution in [1.82, 2.24) is 9.97 Å². The Morgan fingerprint density at radius 3 is 1.65 bits per heavy atom. The van der Waals surface area contributed by atoms with Crippen LogP contribution in [-0.4, -0.2) is 9.97 Å². The van der Waals surface area contributed by atoms with E-state index in [1.807, 2.05) is 42.5 Å². The van der Waals surface area contributed by atoms with E-state index in [0.717, 1.165) is 39.2 Å². The fourth-order valence-corrected chi connectivity index (χ4v) is 7.88. The molecule has 0 N–H and O–H groups in total. The molecular formula is C47H32N2. The second-order valence-electron chi connectivity index (χ2n) is 12.7. The van der Waals surface area contributed by atoms with Gasteiger partial charge in [0.1, 0.15) is 0 Å². The summed E-state index contributed by atoms with van der Waals surface area (Å²) in [6, 6.07) is 56.0. The summed E-state index contributed by atoms with van der Waals surface area (Å²) in [5.41, 5.74) is 16.5. The Bertz CT molecular complexity index is 2420. The zero-order chi connectivity index (χ0) is 33.0. The van der Waals surface area contributed by atoms with E-state index in [2.05, 4.69) is 141 Å². The fourth-order valence-electron chi connectivity index (χ4n) is 7.88. The molecule has 2 nitrogen and oxygen atoms in total. The lowest BCUT2D eigenvalue weighted by atomic mass is 9.70. The van der Waals surface area contributed by atoms with Crippen LogP contribution in [-0.2, 0) is 5.41 Å². The van der Waals surface area contributed by atoms with Crippen molar-refractivity contribution >= 4 is 11.1 Å². The molecule has 0 saturated carbocycles. The van der Waals surface area contributed by atoms with Crippen LogP contribution in [0.3, 0.4) is 0 Å². The molecule has 6 aromatic carbocycles. The molecule has 0 bridgehead atoms. The summed E-state index contributed by atoms with van der Waals surface area (Å²) in [6.07, 6.45) is 3.91. The van der Waals surface area contributed by atoms with Crippen LogP contribution in [0.1, 0.15) is 33.5 Å². The highest BCUT2D eigenvalue weighted by Crippen LogP contribution is 2.62. The quantitative estimate of drug-likeness (QED) is 0.172. The van der Waals surface area contributed by atoms with Gasteiger partial charge in [0.2, 0.25) is 0 Å². The van der Waals surface area contributed by atoms with Gasteiger partial charge >= 0.3 is 0 Å². The van der Waals surface area contributed by atoms with E-state index in [1.165, 1.54) is 44.5 Å². The van der Waals surface area contributed by atoms with Crippen molar-refractivity contribution in [3.05, 3.63) is 217 Å². The highest BCUT2D eigenvalue weighted by Gasteiger charge is 2.51. The average Bonchev–Trinajstić information content (AvgIpc) is 3.64. The number of fused-ring (bicyclic) bond motifs is 10. The van der Waals surface area contributed by atoms with Gasteiger partial charge in [0.15, 0.2) is 5.82 Å². The average molecular weight is 625 g/mol. The lowest BCUT2D eigenvalue weighted by Crippen LogP contribution is -2.25. The van der Waals surface area contributed by atoms with Crippen LogP contribution in [0.2, 0.25) is 0 Å². The molecule has 230 valence electrons. The summed E-state index contributed by atoms with van der Waals surface area (Å²) in [5.74, 6) is 0.669. The number of hydrogen-bond donors (Lipinski definition) is 0. The Labute approximate surface area is 287 Å². The maximum Gasteiger partial charge on any atom is 0.160 e. The molecule has 0 amide bonds. The molecule has 1 aromatic heterocycles. The standard InChI is InChI=1S/C47H32N2/c1-3-32(28-31(2)33-16-6-4-7-17-33)44-30-45(49-46(48-44)34-18-8-5-9-19-34)35-26-27-43-39(29-35)38-22-12-15-25-42(38)47(43)40-23-13-10-20-36(40)37-21-11-14-24-41(37)47/h3-30H,1-2H2/b32-28+. The number of benzene rings is 6.